The third-order valence-corrected chi connectivity index (χ3v) is 4.73. The number of methoxy groups -OCH3 is 2. The predicted molar refractivity (Wildman–Crippen MR) is 113 cm³/mol. The first-order chi connectivity index (χ1) is 13.9. The molecule has 1 amide bonds. The molecule has 1 aliphatic rings. The lowest BCUT2D eigenvalue weighted by atomic mass is 10.1. The number of fused-ring (bicyclic) bond motifs is 1. The summed E-state index contributed by atoms with van der Waals surface area (Å²) in [6.45, 7) is 6.42. The van der Waals surface area contributed by atoms with Crippen LogP contribution >= 0.6 is 0 Å². The van der Waals surface area contributed by atoms with Crippen LogP contribution in [0.15, 0.2) is 30.3 Å². The maximum absolute atomic E-state index is 12.5. The molecule has 6 nitrogen and oxygen atoms in total. The average molecular weight is 397 g/mol. The van der Waals surface area contributed by atoms with E-state index in [0.29, 0.717) is 23.8 Å². The highest BCUT2D eigenvalue weighted by Crippen LogP contribution is 2.36. The van der Waals surface area contributed by atoms with Crippen molar-refractivity contribution < 1.29 is 23.7 Å². The fraction of sp³-hybridized carbons (Fsp3) is 0.348. The van der Waals surface area contributed by atoms with E-state index in [1.807, 2.05) is 39.0 Å². The van der Waals surface area contributed by atoms with E-state index in [9.17, 15) is 4.79 Å². The number of nitrogens with one attached hydrogen (secondary N) is 1. The van der Waals surface area contributed by atoms with Crippen LogP contribution in [0.25, 0.3) is 6.08 Å². The standard InChI is InChI=1S/C23H27NO5/c1-6-28-19-12-17-10-15(3)29-20(17)11-16(19)7-8-23(25)24-18-13-22(27-5)21(26-4)9-14(18)2/h7-9,11-13,15H,6,10H2,1-5H3,(H,24,25)/b8-7+/t15-/m1/s1. The number of rotatable bonds is 7. The summed E-state index contributed by atoms with van der Waals surface area (Å²) in [6, 6.07) is 7.49. The lowest BCUT2D eigenvalue weighted by Gasteiger charge is -2.13. The Morgan fingerprint density at radius 3 is 2.59 bits per heavy atom. The number of benzene rings is 2. The van der Waals surface area contributed by atoms with Crippen molar-refractivity contribution in [1.29, 1.82) is 0 Å². The smallest absolute Gasteiger partial charge is 0.248 e. The molecule has 1 atom stereocenters. The molecule has 6 heteroatoms. The molecule has 1 heterocycles. The minimum absolute atomic E-state index is 0.148. The van der Waals surface area contributed by atoms with Gasteiger partial charge in [0.25, 0.3) is 0 Å². The van der Waals surface area contributed by atoms with Crippen LogP contribution in [0.2, 0.25) is 0 Å². The topological polar surface area (TPSA) is 66.0 Å². The van der Waals surface area contributed by atoms with Gasteiger partial charge in [0.05, 0.1) is 20.8 Å². The number of ether oxygens (including phenoxy) is 4. The van der Waals surface area contributed by atoms with Crippen LogP contribution < -0.4 is 24.3 Å². The maximum Gasteiger partial charge on any atom is 0.248 e. The molecule has 0 spiro atoms. The Labute approximate surface area is 171 Å². The van der Waals surface area contributed by atoms with Gasteiger partial charge in [-0.3, -0.25) is 4.79 Å². The maximum atomic E-state index is 12.5. The quantitative estimate of drug-likeness (QED) is 0.702. The number of hydrogen-bond donors (Lipinski definition) is 1. The molecule has 0 bridgehead atoms. The van der Waals surface area contributed by atoms with Crippen molar-refractivity contribution in [2.45, 2.75) is 33.3 Å². The Morgan fingerprint density at radius 1 is 1.17 bits per heavy atom. The number of anilines is 1. The Hall–Kier alpha value is -3.15. The fourth-order valence-corrected chi connectivity index (χ4v) is 3.32. The summed E-state index contributed by atoms with van der Waals surface area (Å²) in [4.78, 5) is 12.5. The van der Waals surface area contributed by atoms with Gasteiger partial charge in [-0.1, -0.05) is 0 Å². The van der Waals surface area contributed by atoms with Crippen molar-refractivity contribution in [3.8, 4) is 23.0 Å². The summed E-state index contributed by atoms with van der Waals surface area (Å²) in [5, 5.41) is 2.88. The van der Waals surface area contributed by atoms with E-state index in [2.05, 4.69) is 5.32 Å². The summed E-state index contributed by atoms with van der Waals surface area (Å²) < 4.78 is 22.2. The minimum atomic E-state index is -0.252. The van der Waals surface area contributed by atoms with Crippen LogP contribution in [0.1, 0.15) is 30.5 Å². The van der Waals surface area contributed by atoms with Gasteiger partial charge in [-0.2, -0.15) is 0 Å². The van der Waals surface area contributed by atoms with E-state index in [0.717, 1.165) is 34.6 Å². The number of hydrogen-bond acceptors (Lipinski definition) is 5. The molecule has 2 aromatic carbocycles. The Morgan fingerprint density at radius 2 is 1.90 bits per heavy atom. The largest absolute Gasteiger partial charge is 0.493 e. The molecule has 0 aromatic heterocycles. The zero-order valence-corrected chi connectivity index (χ0v) is 17.5. The van der Waals surface area contributed by atoms with Crippen LogP contribution in [-0.4, -0.2) is 32.8 Å². The molecule has 2 aromatic rings. The van der Waals surface area contributed by atoms with Gasteiger partial charge in [0.2, 0.25) is 5.91 Å². The summed E-state index contributed by atoms with van der Waals surface area (Å²) in [5.74, 6) is 2.51. The van der Waals surface area contributed by atoms with Gasteiger partial charge in [-0.15, -0.1) is 0 Å². The second-order valence-corrected chi connectivity index (χ2v) is 6.91. The van der Waals surface area contributed by atoms with Crippen LogP contribution in [0.4, 0.5) is 5.69 Å². The molecule has 3 rings (SSSR count). The molecular weight excluding hydrogens is 370 g/mol. The van der Waals surface area contributed by atoms with E-state index in [1.54, 1.807) is 26.4 Å². The third-order valence-electron chi connectivity index (χ3n) is 4.73. The Bertz CT molecular complexity index is 935. The molecule has 0 aliphatic carbocycles. The first-order valence-electron chi connectivity index (χ1n) is 9.63. The molecule has 0 fully saturated rings. The van der Waals surface area contributed by atoms with E-state index >= 15 is 0 Å². The van der Waals surface area contributed by atoms with E-state index in [1.165, 1.54) is 6.08 Å². The summed E-state index contributed by atoms with van der Waals surface area (Å²) in [5.41, 5.74) is 3.47. The molecule has 29 heavy (non-hydrogen) atoms. The Balaban J connectivity index is 1.80. The average Bonchev–Trinajstić information content (AvgIpc) is 3.06. The van der Waals surface area contributed by atoms with E-state index < -0.39 is 0 Å². The van der Waals surface area contributed by atoms with Crippen molar-refractivity contribution in [2.75, 3.05) is 26.1 Å². The Kier molecular flexibility index (Phi) is 6.32. The highest BCUT2D eigenvalue weighted by Gasteiger charge is 2.21. The summed E-state index contributed by atoms with van der Waals surface area (Å²) in [7, 11) is 3.14. The van der Waals surface area contributed by atoms with Gasteiger partial charge < -0.3 is 24.3 Å². The van der Waals surface area contributed by atoms with E-state index in [-0.39, 0.29) is 12.0 Å². The van der Waals surface area contributed by atoms with Crippen molar-refractivity contribution in [1.82, 2.24) is 0 Å². The van der Waals surface area contributed by atoms with Crippen LogP contribution in [0.5, 0.6) is 23.0 Å². The van der Waals surface area contributed by atoms with E-state index in [4.69, 9.17) is 18.9 Å². The van der Waals surface area contributed by atoms with Gasteiger partial charge in [-0.05, 0) is 50.6 Å². The molecule has 1 aliphatic heterocycles. The molecule has 0 unspecified atom stereocenters. The van der Waals surface area contributed by atoms with Crippen LogP contribution in [0, 0.1) is 6.92 Å². The van der Waals surface area contributed by atoms with Crippen molar-refractivity contribution >= 4 is 17.7 Å². The van der Waals surface area contributed by atoms with Crippen LogP contribution in [0.3, 0.4) is 0 Å². The minimum Gasteiger partial charge on any atom is -0.493 e. The summed E-state index contributed by atoms with van der Waals surface area (Å²) >= 11 is 0. The third kappa shape index (κ3) is 4.65. The zero-order valence-electron chi connectivity index (χ0n) is 17.5. The fourth-order valence-electron chi connectivity index (χ4n) is 3.32. The second kappa shape index (κ2) is 8.90. The molecular formula is C23H27NO5. The van der Waals surface area contributed by atoms with Gasteiger partial charge in [-0.25, -0.2) is 0 Å². The predicted octanol–water partition coefficient (Wildman–Crippen LogP) is 4.39. The summed E-state index contributed by atoms with van der Waals surface area (Å²) in [6.07, 6.45) is 4.23. The van der Waals surface area contributed by atoms with Crippen molar-refractivity contribution in [3.63, 3.8) is 0 Å². The number of aryl methyl sites for hydroxylation is 1. The highest BCUT2D eigenvalue weighted by molar-refractivity contribution is 6.02. The first-order valence-corrected chi connectivity index (χ1v) is 9.63. The van der Waals surface area contributed by atoms with Gasteiger partial charge in [0.15, 0.2) is 11.5 Å². The normalized spacial score (nSPS) is 15.0. The van der Waals surface area contributed by atoms with Crippen LogP contribution in [-0.2, 0) is 11.2 Å². The van der Waals surface area contributed by atoms with Crippen molar-refractivity contribution in [3.05, 3.63) is 47.0 Å². The molecule has 0 saturated carbocycles. The number of carbonyl (C=O) groups excluding carboxylic acids is 1. The molecule has 154 valence electrons. The van der Waals surface area contributed by atoms with Gasteiger partial charge in [0.1, 0.15) is 17.6 Å². The molecule has 0 saturated heterocycles. The van der Waals surface area contributed by atoms with Gasteiger partial charge >= 0.3 is 0 Å². The SMILES string of the molecule is CCOc1cc2c(cc1/C=C/C(=O)Nc1cc(OC)c(OC)cc1C)O[C@H](C)C2. The highest BCUT2D eigenvalue weighted by atomic mass is 16.5. The zero-order chi connectivity index (χ0) is 21.0. The number of carbonyl (C=O) groups is 1. The second-order valence-electron chi connectivity index (χ2n) is 6.91. The lowest BCUT2D eigenvalue weighted by Crippen LogP contribution is -2.09. The van der Waals surface area contributed by atoms with Crippen molar-refractivity contribution in [2.24, 2.45) is 0 Å². The monoisotopic (exact) mass is 397 g/mol. The van der Waals surface area contributed by atoms with Gasteiger partial charge in [0, 0.05) is 35.4 Å². The molecule has 0 radical (unpaired) electrons. The first kappa shape index (κ1) is 20.6. The molecule has 1 N–H and O–H groups in total. The number of amides is 1. The lowest BCUT2D eigenvalue weighted by molar-refractivity contribution is -0.111.